The van der Waals surface area contributed by atoms with Crippen LogP contribution in [0.15, 0.2) is 0 Å². The van der Waals surface area contributed by atoms with Gasteiger partial charge < -0.3 is 0 Å². The topological polar surface area (TPSA) is 0 Å². The number of hydrogen-bond acceptors (Lipinski definition) is 0. The third-order valence-corrected chi connectivity index (χ3v) is 2.66. The molecular formula is C8H14Se. The van der Waals surface area contributed by atoms with Crippen molar-refractivity contribution >= 4 is 15.0 Å². The second-order valence-electron chi connectivity index (χ2n) is 2.32. The van der Waals surface area contributed by atoms with Gasteiger partial charge in [0.2, 0.25) is 0 Å². The van der Waals surface area contributed by atoms with Crippen molar-refractivity contribution in [3.8, 4) is 11.8 Å². The van der Waals surface area contributed by atoms with Crippen molar-refractivity contribution in [3.63, 3.8) is 0 Å². The summed E-state index contributed by atoms with van der Waals surface area (Å²) in [5.41, 5.74) is 0. The zero-order chi connectivity index (χ0) is 7.28. The fraction of sp³-hybridized carbons (Fsp3) is 0.750. The Morgan fingerprint density at radius 2 is 1.67 bits per heavy atom. The van der Waals surface area contributed by atoms with Gasteiger partial charge in [-0.15, -0.1) is 0 Å². The third-order valence-electron chi connectivity index (χ3n) is 0.929. The molecule has 0 nitrogen and oxygen atoms in total. The van der Waals surface area contributed by atoms with Gasteiger partial charge in [-0.1, -0.05) is 0 Å². The van der Waals surface area contributed by atoms with E-state index in [9.17, 15) is 0 Å². The second-order valence-corrected chi connectivity index (χ2v) is 4.79. The predicted molar refractivity (Wildman–Crippen MR) is 43.7 cm³/mol. The SMILES string of the molecule is C[Se]C(C)C#CC(C)C. The Labute approximate surface area is 64.6 Å². The number of rotatable bonds is 1. The summed E-state index contributed by atoms with van der Waals surface area (Å²) in [6.07, 6.45) is 0. The van der Waals surface area contributed by atoms with Crippen LogP contribution in [0.1, 0.15) is 20.8 Å². The molecule has 0 heterocycles. The summed E-state index contributed by atoms with van der Waals surface area (Å²) in [6, 6.07) is 0. The molecule has 0 radical (unpaired) electrons. The van der Waals surface area contributed by atoms with Crippen molar-refractivity contribution in [2.75, 3.05) is 0 Å². The average molecular weight is 189 g/mol. The first-order chi connectivity index (χ1) is 4.16. The van der Waals surface area contributed by atoms with E-state index >= 15 is 0 Å². The van der Waals surface area contributed by atoms with Gasteiger partial charge in [-0.05, 0) is 0 Å². The maximum absolute atomic E-state index is 3.21. The molecule has 9 heavy (non-hydrogen) atoms. The second kappa shape index (κ2) is 4.91. The molecule has 0 aliphatic rings. The van der Waals surface area contributed by atoms with Gasteiger partial charge in [0.15, 0.2) is 0 Å². The van der Waals surface area contributed by atoms with Crippen LogP contribution in [0, 0.1) is 17.8 Å². The predicted octanol–water partition coefficient (Wildman–Crippen LogP) is 2.21. The van der Waals surface area contributed by atoms with Gasteiger partial charge in [0.25, 0.3) is 0 Å². The van der Waals surface area contributed by atoms with E-state index in [1.807, 2.05) is 0 Å². The van der Waals surface area contributed by atoms with E-state index in [1.165, 1.54) is 0 Å². The van der Waals surface area contributed by atoms with Gasteiger partial charge in [-0.2, -0.15) is 0 Å². The Morgan fingerprint density at radius 3 is 2.00 bits per heavy atom. The molecule has 0 aliphatic heterocycles. The van der Waals surface area contributed by atoms with E-state index in [4.69, 9.17) is 0 Å². The van der Waals surface area contributed by atoms with Gasteiger partial charge in [-0.25, -0.2) is 0 Å². The van der Waals surface area contributed by atoms with E-state index in [0.717, 1.165) is 0 Å². The zero-order valence-corrected chi connectivity index (χ0v) is 8.28. The Kier molecular flexibility index (Phi) is 4.96. The summed E-state index contributed by atoms with van der Waals surface area (Å²) in [5.74, 6) is 9.14. The van der Waals surface area contributed by atoms with E-state index in [0.29, 0.717) is 25.7 Å². The van der Waals surface area contributed by atoms with Gasteiger partial charge in [-0.3, -0.25) is 0 Å². The average Bonchev–Trinajstić information content (AvgIpc) is 1.83. The van der Waals surface area contributed by atoms with Crippen molar-refractivity contribution in [1.29, 1.82) is 0 Å². The van der Waals surface area contributed by atoms with Gasteiger partial charge in [0.05, 0.1) is 0 Å². The van der Waals surface area contributed by atoms with Crippen LogP contribution >= 0.6 is 0 Å². The zero-order valence-electron chi connectivity index (χ0n) is 6.56. The fourth-order valence-electron chi connectivity index (χ4n) is 0.343. The van der Waals surface area contributed by atoms with Crippen LogP contribution in [-0.4, -0.2) is 15.0 Å². The molecular weight excluding hydrogens is 175 g/mol. The molecule has 0 saturated heterocycles. The first-order valence-electron chi connectivity index (χ1n) is 3.20. The van der Waals surface area contributed by atoms with Gasteiger partial charge in [0, 0.05) is 0 Å². The molecule has 1 atom stereocenters. The van der Waals surface area contributed by atoms with Crippen LogP contribution in [0.5, 0.6) is 0 Å². The Bertz CT molecular complexity index is 116. The minimum absolute atomic E-state index is 0.537. The summed E-state index contributed by atoms with van der Waals surface area (Å²) >= 11 is 0.696. The Morgan fingerprint density at radius 1 is 1.11 bits per heavy atom. The van der Waals surface area contributed by atoms with Crippen LogP contribution in [-0.2, 0) is 0 Å². The third kappa shape index (κ3) is 5.96. The summed E-state index contributed by atoms with van der Waals surface area (Å²) < 4.78 is 0. The molecule has 0 aromatic heterocycles. The summed E-state index contributed by atoms with van der Waals surface area (Å²) in [6.45, 7) is 6.44. The van der Waals surface area contributed by atoms with Gasteiger partial charge in [0.1, 0.15) is 0 Å². The normalized spacial score (nSPS) is 12.6. The van der Waals surface area contributed by atoms with Crippen LogP contribution in [0.4, 0.5) is 0 Å². The molecule has 0 bridgehead atoms. The Hall–Kier alpha value is 0.0795. The van der Waals surface area contributed by atoms with Crippen molar-refractivity contribution in [2.24, 2.45) is 5.92 Å². The quantitative estimate of drug-likeness (QED) is 0.438. The van der Waals surface area contributed by atoms with E-state index in [-0.39, 0.29) is 0 Å². The molecule has 1 unspecified atom stereocenters. The number of hydrogen-bond donors (Lipinski definition) is 0. The van der Waals surface area contributed by atoms with Crippen molar-refractivity contribution in [2.45, 2.75) is 31.4 Å². The summed E-state index contributed by atoms with van der Waals surface area (Å²) in [7, 11) is 0. The van der Waals surface area contributed by atoms with Crippen molar-refractivity contribution in [1.82, 2.24) is 0 Å². The standard InChI is InChI=1S/C8H14Se/c1-7(2)5-6-8(3)9-4/h7-8H,1-4H3. The summed E-state index contributed by atoms with van der Waals surface area (Å²) in [4.78, 5) is 0.639. The fourth-order valence-corrected chi connectivity index (χ4v) is 0.733. The van der Waals surface area contributed by atoms with Crippen LogP contribution in [0.2, 0.25) is 10.6 Å². The molecule has 0 aliphatic carbocycles. The maximum atomic E-state index is 3.21. The van der Waals surface area contributed by atoms with Crippen molar-refractivity contribution in [3.05, 3.63) is 0 Å². The Balaban J connectivity index is 3.58. The van der Waals surface area contributed by atoms with Crippen molar-refractivity contribution < 1.29 is 0 Å². The molecule has 0 N–H and O–H groups in total. The van der Waals surface area contributed by atoms with E-state index in [2.05, 4.69) is 38.4 Å². The summed E-state index contributed by atoms with van der Waals surface area (Å²) in [5, 5.41) is 0. The molecule has 0 rings (SSSR count). The van der Waals surface area contributed by atoms with Crippen LogP contribution in [0.3, 0.4) is 0 Å². The molecule has 0 aromatic rings. The molecule has 0 fully saturated rings. The molecule has 0 amide bonds. The molecule has 0 aromatic carbocycles. The monoisotopic (exact) mass is 190 g/mol. The molecule has 0 saturated carbocycles. The molecule has 0 spiro atoms. The van der Waals surface area contributed by atoms with Crippen LogP contribution < -0.4 is 0 Å². The van der Waals surface area contributed by atoms with Gasteiger partial charge >= 0.3 is 64.1 Å². The minimum atomic E-state index is 0.537. The van der Waals surface area contributed by atoms with E-state index < -0.39 is 0 Å². The molecule has 1 heteroatoms. The van der Waals surface area contributed by atoms with Crippen LogP contribution in [0.25, 0.3) is 0 Å². The first kappa shape index (κ1) is 9.08. The molecule has 52 valence electrons. The van der Waals surface area contributed by atoms with E-state index in [1.54, 1.807) is 0 Å². The first-order valence-corrected chi connectivity index (χ1v) is 5.91.